The average molecular weight is 258 g/mol. The lowest BCUT2D eigenvalue weighted by atomic mass is 10.2. The van der Waals surface area contributed by atoms with Gasteiger partial charge in [0.2, 0.25) is 0 Å². The first-order valence-corrected chi connectivity index (χ1v) is 5.93. The van der Waals surface area contributed by atoms with Gasteiger partial charge in [0.05, 0.1) is 7.11 Å². The van der Waals surface area contributed by atoms with Crippen molar-refractivity contribution in [3.63, 3.8) is 0 Å². The number of hydrogen-bond acceptors (Lipinski definition) is 3. The molecule has 0 atom stereocenters. The number of phenolic OH excluding ortho intramolecular Hbond substituents is 1. The van der Waals surface area contributed by atoms with Crippen molar-refractivity contribution in [1.82, 2.24) is 5.32 Å². The molecule has 1 rings (SSSR count). The molecule has 5 heteroatoms. The summed E-state index contributed by atoms with van der Waals surface area (Å²) in [5.74, 6) is 0.696. The van der Waals surface area contributed by atoms with Gasteiger partial charge in [0.25, 0.3) is 5.91 Å². The lowest BCUT2D eigenvalue weighted by Gasteiger charge is -2.07. The zero-order valence-corrected chi connectivity index (χ0v) is 10.5. The van der Waals surface area contributed by atoms with Crippen molar-refractivity contribution < 1.29 is 14.6 Å². The number of rotatable bonds is 6. The molecule has 1 amide bonds. The van der Waals surface area contributed by atoms with E-state index in [9.17, 15) is 9.90 Å². The van der Waals surface area contributed by atoms with E-state index in [-0.39, 0.29) is 11.7 Å². The quantitative estimate of drug-likeness (QED) is 0.606. The van der Waals surface area contributed by atoms with Crippen molar-refractivity contribution in [2.45, 2.75) is 12.8 Å². The third-order valence-corrected chi connectivity index (χ3v) is 2.55. The first-order valence-electron chi connectivity index (χ1n) is 5.40. The molecule has 0 saturated carbocycles. The number of unbranched alkanes of at least 4 members (excludes halogenated alkanes) is 1. The van der Waals surface area contributed by atoms with Gasteiger partial charge in [0.1, 0.15) is 0 Å². The molecule has 1 aromatic carbocycles. The topological polar surface area (TPSA) is 58.6 Å². The smallest absolute Gasteiger partial charge is 0.251 e. The molecule has 0 aromatic heterocycles. The van der Waals surface area contributed by atoms with Crippen LogP contribution in [0.1, 0.15) is 23.2 Å². The van der Waals surface area contributed by atoms with Gasteiger partial charge >= 0.3 is 0 Å². The molecular formula is C12H16ClNO3. The number of hydrogen-bond donors (Lipinski definition) is 2. The van der Waals surface area contributed by atoms with Gasteiger partial charge in [0, 0.05) is 18.0 Å². The van der Waals surface area contributed by atoms with Crippen molar-refractivity contribution >= 4 is 17.5 Å². The van der Waals surface area contributed by atoms with E-state index in [1.807, 2.05) is 0 Å². The number of phenols is 1. The molecule has 1 aromatic rings. The van der Waals surface area contributed by atoms with Crippen LogP contribution in [0.5, 0.6) is 11.5 Å². The summed E-state index contributed by atoms with van der Waals surface area (Å²) in [5, 5.41) is 12.3. The molecule has 0 heterocycles. The molecule has 0 fully saturated rings. The van der Waals surface area contributed by atoms with Crippen LogP contribution in [0.2, 0.25) is 0 Å². The molecule has 2 N–H and O–H groups in total. The second-order valence-corrected chi connectivity index (χ2v) is 3.92. The summed E-state index contributed by atoms with van der Waals surface area (Å²) in [6.07, 6.45) is 1.72. The van der Waals surface area contributed by atoms with Crippen molar-refractivity contribution in [2.75, 3.05) is 19.5 Å². The molecule has 0 radical (unpaired) electrons. The van der Waals surface area contributed by atoms with Gasteiger partial charge in [-0.05, 0) is 31.0 Å². The van der Waals surface area contributed by atoms with E-state index < -0.39 is 0 Å². The number of benzene rings is 1. The number of amides is 1. The Morgan fingerprint density at radius 2 is 2.24 bits per heavy atom. The highest BCUT2D eigenvalue weighted by Gasteiger charge is 2.08. The maximum Gasteiger partial charge on any atom is 0.251 e. The first kappa shape index (κ1) is 13.6. The summed E-state index contributed by atoms with van der Waals surface area (Å²) in [6, 6.07) is 4.55. The third kappa shape index (κ3) is 4.15. The zero-order valence-electron chi connectivity index (χ0n) is 9.70. The Bertz CT molecular complexity index is 382. The van der Waals surface area contributed by atoms with E-state index in [1.54, 1.807) is 12.1 Å². The van der Waals surface area contributed by atoms with Crippen molar-refractivity contribution in [1.29, 1.82) is 0 Å². The second kappa shape index (κ2) is 7.01. The first-order chi connectivity index (χ1) is 8.19. The molecule has 17 heavy (non-hydrogen) atoms. The number of alkyl halides is 1. The number of methoxy groups -OCH3 is 1. The summed E-state index contributed by atoms with van der Waals surface area (Å²) in [6.45, 7) is 0.582. The molecule has 0 spiro atoms. The van der Waals surface area contributed by atoms with Gasteiger partial charge in [-0.3, -0.25) is 4.79 Å². The van der Waals surface area contributed by atoms with Gasteiger partial charge < -0.3 is 15.2 Å². The third-order valence-electron chi connectivity index (χ3n) is 2.29. The van der Waals surface area contributed by atoms with E-state index in [2.05, 4.69) is 5.32 Å². The largest absolute Gasteiger partial charge is 0.504 e. The normalized spacial score (nSPS) is 10.0. The number of ether oxygens (including phenoxy) is 1. The van der Waals surface area contributed by atoms with Gasteiger partial charge in [0.15, 0.2) is 11.5 Å². The maximum absolute atomic E-state index is 11.7. The molecule has 0 aliphatic carbocycles. The maximum atomic E-state index is 11.7. The Morgan fingerprint density at radius 3 is 2.82 bits per heavy atom. The van der Waals surface area contributed by atoms with Gasteiger partial charge in [-0.15, -0.1) is 11.6 Å². The predicted octanol–water partition coefficient (Wildman–Crippen LogP) is 2.15. The summed E-state index contributed by atoms with van der Waals surface area (Å²) < 4.78 is 4.90. The predicted molar refractivity (Wildman–Crippen MR) is 66.9 cm³/mol. The van der Waals surface area contributed by atoms with E-state index in [0.29, 0.717) is 23.7 Å². The molecule has 0 saturated heterocycles. The minimum Gasteiger partial charge on any atom is -0.504 e. The summed E-state index contributed by atoms with van der Waals surface area (Å²) >= 11 is 5.53. The minimum absolute atomic E-state index is 0.0408. The van der Waals surface area contributed by atoms with Crippen LogP contribution in [-0.4, -0.2) is 30.5 Å². The molecule has 94 valence electrons. The highest BCUT2D eigenvalue weighted by molar-refractivity contribution is 6.17. The number of carbonyl (C=O) groups excluding carboxylic acids is 1. The fourth-order valence-corrected chi connectivity index (χ4v) is 1.54. The van der Waals surface area contributed by atoms with Crippen LogP contribution in [-0.2, 0) is 0 Å². The molecule has 0 aliphatic heterocycles. The van der Waals surface area contributed by atoms with Gasteiger partial charge in [-0.2, -0.15) is 0 Å². The lowest BCUT2D eigenvalue weighted by Crippen LogP contribution is -2.24. The SMILES string of the molecule is COc1ccc(C(=O)NCCCCCl)cc1O. The Labute approximate surface area is 106 Å². The van der Waals surface area contributed by atoms with E-state index in [0.717, 1.165) is 12.8 Å². The average Bonchev–Trinajstić information content (AvgIpc) is 2.34. The molecule has 0 bridgehead atoms. The number of carbonyl (C=O) groups is 1. The van der Waals surface area contributed by atoms with Gasteiger partial charge in [-0.25, -0.2) is 0 Å². The Hall–Kier alpha value is -1.42. The van der Waals surface area contributed by atoms with Crippen molar-refractivity contribution in [3.8, 4) is 11.5 Å². The lowest BCUT2D eigenvalue weighted by molar-refractivity contribution is 0.0952. The van der Waals surface area contributed by atoms with Crippen LogP contribution in [0.25, 0.3) is 0 Å². The zero-order chi connectivity index (χ0) is 12.7. The Kier molecular flexibility index (Phi) is 5.63. The number of aromatic hydroxyl groups is 1. The monoisotopic (exact) mass is 257 g/mol. The Balaban J connectivity index is 2.54. The van der Waals surface area contributed by atoms with Crippen LogP contribution in [0, 0.1) is 0 Å². The fourth-order valence-electron chi connectivity index (χ4n) is 1.35. The standard InChI is InChI=1S/C12H16ClNO3/c1-17-11-5-4-9(8-10(11)15)12(16)14-7-3-2-6-13/h4-5,8,15H,2-3,6-7H2,1H3,(H,14,16). The van der Waals surface area contributed by atoms with Gasteiger partial charge in [-0.1, -0.05) is 0 Å². The van der Waals surface area contributed by atoms with Crippen LogP contribution in [0.4, 0.5) is 0 Å². The van der Waals surface area contributed by atoms with Crippen molar-refractivity contribution in [3.05, 3.63) is 23.8 Å². The highest BCUT2D eigenvalue weighted by atomic mass is 35.5. The van der Waals surface area contributed by atoms with Crippen LogP contribution in [0.3, 0.4) is 0 Å². The molecule has 0 aliphatic rings. The van der Waals surface area contributed by atoms with E-state index in [1.165, 1.54) is 13.2 Å². The molecule has 0 unspecified atom stereocenters. The fraction of sp³-hybridized carbons (Fsp3) is 0.417. The number of nitrogens with one attached hydrogen (secondary N) is 1. The van der Waals surface area contributed by atoms with Crippen LogP contribution >= 0.6 is 11.6 Å². The minimum atomic E-state index is -0.211. The van der Waals surface area contributed by atoms with E-state index >= 15 is 0 Å². The second-order valence-electron chi connectivity index (χ2n) is 3.54. The number of halogens is 1. The van der Waals surface area contributed by atoms with Crippen LogP contribution in [0.15, 0.2) is 18.2 Å². The summed E-state index contributed by atoms with van der Waals surface area (Å²) in [7, 11) is 1.46. The summed E-state index contributed by atoms with van der Waals surface area (Å²) in [4.78, 5) is 11.7. The van der Waals surface area contributed by atoms with Crippen molar-refractivity contribution in [2.24, 2.45) is 0 Å². The van der Waals surface area contributed by atoms with Crippen LogP contribution < -0.4 is 10.1 Å². The summed E-state index contributed by atoms with van der Waals surface area (Å²) in [5.41, 5.74) is 0.411. The Morgan fingerprint density at radius 1 is 1.47 bits per heavy atom. The molecular weight excluding hydrogens is 242 g/mol. The highest BCUT2D eigenvalue weighted by Crippen LogP contribution is 2.25. The molecule has 4 nitrogen and oxygen atoms in total. The van der Waals surface area contributed by atoms with E-state index in [4.69, 9.17) is 16.3 Å².